The Morgan fingerprint density at radius 1 is 1.18 bits per heavy atom. The second kappa shape index (κ2) is 8.17. The number of aromatic nitrogens is 1. The molecule has 4 heteroatoms. The minimum atomic E-state index is 0.130. The van der Waals surface area contributed by atoms with Gasteiger partial charge in [0.1, 0.15) is 5.52 Å². The number of benzene rings is 2. The average Bonchev–Trinajstić information content (AvgIpc) is 3.57. The number of nitrogens with zero attached hydrogens (tertiary/aromatic N) is 1. The van der Waals surface area contributed by atoms with Crippen molar-refractivity contribution < 1.29 is 9.21 Å². The Labute approximate surface area is 166 Å². The van der Waals surface area contributed by atoms with Crippen LogP contribution in [0.5, 0.6) is 0 Å². The van der Waals surface area contributed by atoms with Crippen LogP contribution in [-0.4, -0.2) is 17.4 Å². The van der Waals surface area contributed by atoms with E-state index in [0.29, 0.717) is 18.3 Å². The summed E-state index contributed by atoms with van der Waals surface area (Å²) in [5, 5.41) is 2.99. The first-order chi connectivity index (χ1) is 13.7. The van der Waals surface area contributed by atoms with Crippen molar-refractivity contribution in [3.8, 4) is 11.1 Å². The van der Waals surface area contributed by atoms with Gasteiger partial charge in [-0.3, -0.25) is 4.79 Å². The van der Waals surface area contributed by atoms with Crippen molar-refractivity contribution in [2.45, 2.75) is 51.9 Å². The van der Waals surface area contributed by atoms with Crippen molar-refractivity contribution >= 4 is 17.0 Å². The molecule has 1 saturated carbocycles. The van der Waals surface area contributed by atoms with Crippen LogP contribution in [0.15, 0.2) is 46.9 Å². The van der Waals surface area contributed by atoms with Gasteiger partial charge in [0.15, 0.2) is 11.5 Å². The molecule has 3 aliphatic rings. The smallest absolute Gasteiger partial charge is 0.219 e. The van der Waals surface area contributed by atoms with E-state index in [9.17, 15) is 4.79 Å². The molecule has 5 rings (SSSR count). The third-order valence-corrected chi connectivity index (χ3v) is 5.55. The zero-order valence-corrected chi connectivity index (χ0v) is 16.7. The molecule has 1 heterocycles. The summed E-state index contributed by atoms with van der Waals surface area (Å²) in [5.74, 6) is 2.00. The molecule has 28 heavy (non-hydrogen) atoms. The van der Waals surface area contributed by atoms with E-state index in [4.69, 9.17) is 4.42 Å². The van der Waals surface area contributed by atoms with Gasteiger partial charge in [0.2, 0.25) is 5.91 Å². The second-order valence-corrected chi connectivity index (χ2v) is 7.75. The number of oxazole rings is 1. The zero-order chi connectivity index (χ0) is 19.5. The molecular formula is C24H28N2O2. The van der Waals surface area contributed by atoms with E-state index >= 15 is 0 Å². The molecule has 0 radical (unpaired) electrons. The van der Waals surface area contributed by atoms with Gasteiger partial charge in [-0.05, 0) is 47.9 Å². The largest absolute Gasteiger partial charge is 0.440 e. The number of rotatable bonds is 7. The van der Waals surface area contributed by atoms with E-state index < -0.39 is 0 Å². The fourth-order valence-electron chi connectivity index (χ4n) is 3.64. The molecule has 2 atom stereocenters. The highest BCUT2D eigenvalue weighted by Gasteiger charge is 2.40. The van der Waals surface area contributed by atoms with Crippen molar-refractivity contribution in [2.75, 3.05) is 6.54 Å². The van der Waals surface area contributed by atoms with E-state index in [2.05, 4.69) is 53.6 Å². The Hall–Kier alpha value is -2.62. The maximum Gasteiger partial charge on any atom is 0.219 e. The molecule has 0 unspecified atom stereocenters. The van der Waals surface area contributed by atoms with Crippen LogP contribution in [0.25, 0.3) is 22.2 Å². The minimum Gasteiger partial charge on any atom is -0.440 e. The molecule has 0 saturated heterocycles. The highest BCUT2D eigenvalue weighted by atomic mass is 16.3. The molecule has 0 spiro atoms. The van der Waals surface area contributed by atoms with Gasteiger partial charge in [0.25, 0.3) is 0 Å². The summed E-state index contributed by atoms with van der Waals surface area (Å²) >= 11 is 0. The molecule has 1 N–H and O–H groups in total. The van der Waals surface area contributed by atoms with Crippen LogP contribution in [0, 0.1) is 5.92 Å². The van der Waals surface area contributed by atoms with Crippen molar-refractivity contribution in [3.63, 3.8) is 0 Å². The molecular weight excluding hydrogens is 348 g/mol. The van der Waals surface area contributed by atoms with Crippen molar-refractivity contribution in [1.82, 2.24) is 10.3 Å². The number of fused-ring (bicyclic) bond motifs is 2. The third kappa shape index (κ3) is 4.27. The van der Waals surface area contributed by atoms with Crippen molar-refractivity contribution in [3.05, 3.63) is 53.9 Å². The predicted molar refractivity (Wildman–Crippen MR) is 112 cm³/mol. The lowest BCUT2D eigenvalue weighted by atomic mass is 10.1. The maximum absolute atomic E-state index is 11.4. The van der Waals surface area contributed by atoms with Crippen LogP contribution < -0.4 is 5.32 Å². The van der Waals surface area contributed by atoms with Crippen LogP contribution in [0.2, 0.25) is 0 Å². The molecule has 1 aromatic carbocycles. The summed E-state index contributed by atoms with van der Waals surface area (Å²) in [7, 11) is 0. The van der Waals surface area contributed by atoms with Gasteiger partial charge in [-0.15, -0.1) is 0 Å². The normalized spacial score (nSPS) is 18.4. The fourth-order valence-corrected chi connectivity index (χ4v) is 3.64. The number of hydrogen-bond acceptors (Lipinski definition) is 3. The van der Waals surface area contributed by atoms with Crippen LogP contribution in [-0.2, 0) is 11.2 Å². The monoisotopic (exact) mass is 376 g/mol. The van der Waals surface area contributed by atoms with Gasteiger partial charge in [-0.25, -0.2) is 4.98 Å². The molecule has 2 aromatic rings. The predicted octanol–water partition coefficient (Wildman–Crippen LogP) is 5.47. The molecule has 1 fully saturated rings. The minimum absolute atomic E-state index is 0.130. The summed E-state index contributed by atoms with van der Waals surface area (Å²) in [4.78, 5) is 16.0. The quantitative estimate of drug-likeness (QED) is 0.465. The second-order valence-electron chi connectivity index (χ2n) is 7.75. The summed E-state index contributed by atoms with van der Waals surface area (Å²) in [5.41, 5.74) is 6.02. The summed E-state index contributed by atoms with van der Waals surface area (Å²) in [6, 6.07) is 14.7. The Morgan fingerprint density at radius 3 is 2.61 bits per heavy atom. The van der Waals surface area contributed by atoms with Gasteiger partial charge in [0, 0.05) is 24.9 Å². The first-order valence-corrected chi connectivity index (χ1v) is 10.4. The maximum atomic E-state index is 11.4. The summed E-state index contributed by atoms with van der Waals surface area (Å²) < 4.78 is 6.00. The lowest BCUT2D eigenvalue weighted by Crippen LogP contribution is -2.24. The number of nitrogens with one attached hydrogen (secondary N) is 1. The third-order valence-electron chi connectivity index (χ3n) is 5.55. The molecule has 0 aliphatic heterocycles. The summed E-state index contributed by atoms with van der Waals surface area (Å²) in [6.45, 7) is 4.82. The van der Waals surface area contributed by atoms with Crippen LogP contribution in [0.4, 0.5) is 0 Å². The first kappa shape index (κ1) is 18.7. The van der Waals surface area contributed by atoms with Gasteiger partial charge < -0.3 is 9.73 Å². The summed E-state index contributed by atoms with van der Waals surface area (Å²) in [6.07, 6.45) is 4.83. The van der Waals surface area contributed by atoms with E-state index in [1.807, 2.05) is 13.0 Å². The van der Waals surface area contributed by atoms with E-state index in [1.54, 1.807) is 0 Å². The van der Waals surface area contributed by atoms with Gasteiger partial charge in [-0.2, -0.15) is 0 Å². The van der Waals surface area contributed by atoms with Crippen LogP contribution >= 0.6 is 0 Å². The highest BCUT2D eigenvalue weighted by Crippen LogP contribution is 2.49. The zero-order valence-electron chi connectivity index (χ0n) is 16.7. The van der Waals surface area contributed by atoms with Gasteiger partial charge in [-0.1, -0.05) is 50.6 Å². The topological polar surface area (TPSA) is 55.1 Å². The van der Waals surface area contributed by atoms with Gasteiger partial charge >= 0.3 is 0 Å². The van der Waals surface area contributed by atoms with E-state index in [-0.39, 0.29) is 5.91 Å². The van der Waals surface area contributed by atoms with E-state index in [0.717, 1.165) is 49.2 Å². The molecule has 4 nitrogen and oxygen atoms in total. The van der Waals surface area contributed by atoms with Crippen molar-refractivity contribution in [2.24, 2.45) is 5.92 Å². The Balaban J connectivity index is 0.000000268. The molecule has 146 valence electrons. The number of carbonyl (C=O) groups is 1. The molecule has 1 amide bonds. The van der Waals surface area contributed by atoms with Gasteiger partial charge in [0.05, 0.1) is 0 Å². The highest BCUT2D eigenvalue weighted by molar-refractivity contribution is 5.80. The van der Waals surface area contributed by atoms with E-state index in [1.165, 1.54) is 16.7 Å². The molecule has 1 aromatic heterocycles. The van der Waals surface area contributed by atoms with Crippen molar-refractivity contribution in [1.29, 1.82) is 0 Å². The van der Waals surface area contributed by atoms with Crippen LogP contribution in [0.3, 0.4) is 0 Å². The molecule has 3 aliphatic carbocycles. The average molecular weight is 377 g/mol. The number of carbonyl (C=O) groups excluding carboxylic acids is 1. The number of para-hydroxylation sites is 1. The lowest BCUT2D eigenvalue weighted by molar-refractivity contribution is -0.120. The Bertz CT molecular complexity index is 958. The fraction of sp³-hybridized carbons (Fsp3) is 0.417. The first-order valence-electron chi connectivity index (χ1n) is 10.4. The number of amides is 1. The molecule has 0 bridgehead atoms. The Morgan fingerprint density at radius 2 is 1.96 bits per heavy atom. The standard InChI is InChI=1S/C18H24N2O2.C6H4/c1-3-5-9-17-20-15-8-6-7-13(18(15)22-17)14-10-12(14)11-19-16(21)4-2;1-2-5-4-6(5)3-1/h6-8,12,14H,3-5,9-11H2,1-2H3,(H,19,21);1-4H/t12-,14+;/m0./s1. The lowest BCUT2D eigenvalue weighted by Gasteiger charge is -2.03. The SMILES string of the molecule is CCCCc1nc2cccc([C@@H]3C[C@H]3CNC(=O)CC)c2o1.c1cc2cc-2c1. The van der Waals surface area contributed by atoms with Crippen LogP contribution in [0.1, 0.15) is 56.9 Å². The Kier molecular flexibility index (Phi) is 5.47. The number of aryl methyl sites for hydroxylation is 1. The number of hydrogen-bond donors (Lipinski definition) is 1. The number of unbranched alkanes of at least 4 members (excludes halogenated alkanes) is 1.